The van der Waals surface area contributed by atoms with E-state index in [1.165, 1.54) is 0 Å². The number of halogens is 1. The molecule has 1 aromatic carbocycles. The van der Waals surface area contributed by atoms with Crippen LogP contribution >= 0.6 is 11.6 Å². The molecule has 0 saturated carbocycles. The summed E-state index contributed by atoms with van der Waals surface area (Å²) in [6.45, 7) is 4.32. The van der Waals surface area contributed by atoms with Crippen LogP contribution in [0.4, 0.5) is 0 Å². The number of nitrogens with zero attached hydrogens (tertiary/aromatic N) is 2. The standard InChI is InChI=1S/C17H23ClN2O3/c1-3-4-5-16(21)19-8-10-20(11-9-19)17(22)14-7-6-13(23-2)12-15(14)18/h6-7,12H,3-5,8-11H2,1-2H3. The first-order valence-corrected chi connectivity index (χ1v) is 8.35. The summed E-state index contributed by atoms with van der Waals surface area (Å²) in [5.74, 6) is 0.706. The van der Waals surface area contributed by atoms with Gasteiger partial charge in [-0.05, 0) is 24.6 Å². The van der Waals surface area contributed by atoms with Gasteiger partial charge in [0.2, 0.25) is 5.91 Å². The zero-order valence-corrected chi connectivity index (χ0v) is 14.4. The van der Waals surface area contributed by atoms with Crippen molar-refractivity contribution in [2.75, 3.05) is 33.3 Å². The highest BCUT2D eigenvalue weighted by Gasteiger charge is 2.25. The molecule has 2 rings (SSSR count). The van der Waals surface area contributed by atoms with Crippen molar-refractivity contribution in [3.05, 3.63) is 28.8 Å². The Labute approximate surface area is 142 Å². The average Bonchev–Trinajstić information content (AvgIpc) is 2.59. The van der Waals surface area contributed by atoms with Crippen molar-refractivity contribution in [1.82, 2.24) is 9.80 Å². The molecule has 1 heterocycles. The molecule has 0 N–H and O–H groups in total. The van der Waals surface area contributed by atoms with Gasteiger partial charge < -0.3 is 14.5 Å². The quantitative estimate of drug-likeness (QED) is 0.829. The van der Waals surface area contributed by atoms with Crippen molar-refractivity contribution in [3.8, 4) is 5.75 Å². The lowest BCUT2D eigenvalue weighted by molar-refractivity contribution is -0.132. The number of hydrogen-bond acceptors (Lipinski definition) is 3. The average molecular weight is 339 g/mol. The molecule has 126 valence electrons. The molecule has 0 atom stereocenters. The van der Waals surface area contributed by atoms with Gasteiger partial charge in [0, 0.05) is 32.6 Å². The predicted octanol–water partition coefficient (Wildman–Crippen LogP) is 2.82. The number of unbranched alkanes of at least 4 members (excludes halogenated alkanes) is 1. The summed E-state index contributed by atoms with van der Waals surface area (Å²) in [5.41, 5.74) is 0.471. The number of ether oxygens (including phenoxy) is 1. The minimum atomic E-state index is -0.0988. The highest BCUT2D eigenvalue weighted by Crippen LogP contribution is 2.24. The Morgan fingerprint density at radius 2 is 1.83 bits per heavy atom. The van der Waals surface area contributed by atoms with Crippen LogP contribution in [0.1, 0.15) is 36.5 Å². The van der Waals surface area contributed by atoms with E-state index < -0.39 is 0 Å². The Hall–Kier alpha value is -1.75. The maximum Gasteiger partial charge on any atom is 0.255 e. The molecular weight excluding hydrogens is 316 g/mol. The van der Waals surface area contributed by atoms with Crippen LogP contribution in [0.2, 0.25) is 5.02 Å². The van der Waals surface area contributed by atoms with E-state index in [1.54, 1.807) is 30.2 Å². The SMILES string of the molecule is CCCCC(=O)N1CCN(C(=O)c2ccc(OC)cc2Cl)CC1. The molecule has 23 heavy (non-hydrogen) atoms. The topological polar surface area (TPSA) is 49.9 Å². The Balaban J connectivity index is 1.94. The number of rotatable bonds is 5. The lowest BCUT2D eigenvalue weighted by Gasteiger charge is -2.35. The van der Waals surface area contributed by atoms with Crippen LogP contribution in [0.15, 0.2) is 18.2 Å². The summed E-state index contributed by atoms with van der Waals surface area (Å²) in [5, 5.41) is 0.385. The van der Waals surface area contributed by atoms with E-state index in [1.807, 2.05) is 4.90 Å². The third kappa shape index (κ3) is 4.38. The van der Waals surface area contributed by atoms with Crippen LogP contribution in [0.3, 0.4) is 0 Å². The fourth-order valence-electron chi connectivity index (χ4n) is 2.61. The van der Waals surface area contributed by atoms with E-state index in [0.717, 1.165) is 12.8 Å². The lowest BCUT2D eigenvalue weighted by Crippen LogP contribution is -2.50. The van der Waals surface area contributed by atoms with Gasteiger partial charge in [0.15, 0.2) is 0 Å². The molecule has 0 aliphatic carbocycles. The molecule has 1 aliphatic heterocycles. The van der Waals surface area contributed by atoms with Crippen molar-refractivity contribution >= 4 is 23.4 Å². The van der Waals surface area contributed by atoms with Gasteiger partial charge in [0.1, 0.15) is 5.75 Å². The first-order valence-electron chi connectivity index (χ1n) is 7.97. The largest absolute Gasteiger partial charge is 0.497 e. The summed E-state index contributed by atoms with van der Waals surface area (Å²) in [7, 11) is 1.56. The highest BCUT2D eigenvalue weighted by atomic mass is 35.5. The Kier molecular flexibility index (Phi) is 6.28. The van der Waals surface area contributed by atoms with Gasteiger partial charge >= 0.3 is 0 Å². The zero-order chi connectivity index (χ0) is 16.8. The Morgan fingerprint density at radius 1 is 1.17 bits per heavy atom. The molecule has 2 amide bonds. The second kappa shape index (κ2) is 8.20. The van der Waals surface area contributed by atoms with Gasteiger partial charge in [-0.2, -0.15) is 0 Å². The van der Waals surface area contributed by atoms with E-state index in [4.69, 9.17) is 16.3 Å². The minimum Gasteiger partial charge on any atom is -0.497 e. The molecular formula is C17H23ClN2O3. The van der Waals surface area contributed by atoms with Gasteiger partial charge in [0.05, 0.1) is 17.7 Å². The molecule has 1 saturated heterocycles. The van der Waals surface area contributed by atoms with Crippen LogP contribution in [-0.4, -0.2) is 54.9 Å². The van der Waals surface area contributed by atoms with Gasteiger partial charge in [-0.3, -0.25) is 9.59 Å². The van der Waals surface area contributed by atoms with Crippen molar-refractivity contribution in [2.24, 2.45) is 0 Å². The minimum absolute atomic E-state index is 0.0988. The van der Waals surface area contributed by atoms with Crippen molar-refractivity contribution in [1.29, 1.82) is 0 Å². The normalized spacial score (nSPS) is 14.7. The Morgan fingerprint density at radius 3 is 2.39 bits per heavy atom. The molecule has 1 aromatic rings. The van der Waals surface area contributed by atoms with Gasteiger partial charge in [-0.25, -0.2) is 0 Å². The molecule has 0 spiro atoms. The maximum atomic E-state index is 12.6. The van der Waals surface area contributed by atoms with Gasteiger partial charge in [-0.15, -0.1) is 0 Å². The summed E-state index contributed by atoms with van der Waals surface area (Å²) in [6, 6.07) is 5.05. The van der Waals surface area contributed by atoms with E-state index >= 15 is 0 Å². The summed E-state index contributed by atoms with van der Waals surface area (Å²) in [6.07, 6.45) is 2.52. The van der Waals surface area contributed by atoms with E-state index in [2.05, 4.69) is 6.92 Å². The number of hydrogen-bond donors (Lipinski definition) is 0. The summed E-state index contributed by atoms with van der Waals surface area (Å²) < 4.78 is 5.09. The first kappa shape index (κ1) is 17.6. The monoisotopic (exact) mass is 338 g/mol. The number of amides is 2. The number of methoxy groups -OCH3 is 1. The van der Waals surface area contributed by atoms with Crippen molar-refractivity contribution < 1.29 is 14.3 Å². The molecule has 0 radical (unpaired) electrons. The molecule has 0 unspecified atom stereocenters. The fourth-order valence-corrected chi connectivity index (χ4v) is 2.86. The van der Waals surface area contributed by atoms with Gasteiger partial charge in [-0.1, -0.05) is 24.9 Å². The maximum absolute atomic E-state index is 12.6. The summed E-state index contributed by atoms with van der Waals surface area (Å²) >= 11 is 6.17. The van der Waals surface area contributed by atoms with Crippen LogP contribution < -0.4 is 4.74 Å². The van der Waals surface area contributed by atoms with Crippen LogP contribution in [0.25, 0.3) is 0 Å². The molecule has 5 nitrogen and oxygen atoms in total. The van der Waals surface area contributed by atoms with Gasteiger partial charge in [0.25, 0.3) is 5.91 Å². The van der Waals surface area contributed by atoms with Crippen LogP contribution in [0.5, 0.6) is 5.75 Å². The summed E-state index contributed by atoms with van der Waals surface area (Å²) in [4.78, 5) is 28.2. The second-order valence-electron chi connectivity index (χ2n) is 5.62. The van der Waals surface area contributed by atoms with Crippen LogP contribution in [-0.2, 0) is 4.79 Å². The lowest BCUT2D eigenvalue weighted by atomic mass is 10.1. The third-order valence-corrected chi connectivity index (χ3v) is 4.38. The fraction of sp³-hybridized carbons (Fsp3) is 0.529. The molecule has 6 heteroatoms. The van der Waals surface area contributed by atoms with Crippen molar-refractivity contribution in [3.63, 3.8) is 0 Å². The highest BCUT2D eigenvalue weighted by molar-refractivity contribution is 6.34. The molecule has 1 fully saturated rings. The zero-order valence-electron chi connectivity index (χ0n) is 13.7. The smallest absolute Gasteiger partial charge is 0.255 e. The second-order valence-corrected chi connectivity index (χ2v) is 6.03. The van der Waals surface area contributed by atoms with E-state index in [0.29, 0.717) is 48.9 Å². The number of benzene rings is 1. The first-order chi connectivity index (χ1) is 11.1. The van der Waals surface area contributed by atoms with E-state index in [9.17, 15) is 9.59 Å². The Bertz CT molecular complexity index is 569. The number of piperazine rings is 1. The van der Waals surface area contributed by atoms with Crippen molar-refractivity contribution in [2.45, 2.75) is 26.2 Å². The molecule has 0 aromatic heterocycles. The molecule has 0 bridgehead atoms. The number of carbonyl (C=O) groups is 2. The van der Waals surface area contributed by atoms with E-state index in [-0.39, 0.29) is 11.8 Å². The predicted molar refractivity (Wildman–Crippen MR) is 90.0 cm³/mol. The molecule has 1 aliphatic rings. The van der Waals surface area contributed by atoms with Crippen LogP contribution in [0, 0.1) is 0 Å². The number of carbonyl (C=O) groups excluding carboxylic acids is 2. The third-order valence-electron chi connectivity index (χ3n) is 4.07.